The maximum atomic E-state index is 4.52. The van der Waals surface area contributed by atoms with Crippen molar-refractivity contribution in [3.63, 3.8) is 0 Å². The van der Waals surface area contributed by atoms with E-state index in [-0.39, 0.29) is 5.41 Å². The van der Waals surface area contributed by atoms with Crippen molar-refractivity contribution < 1.29 is 0 Å². The minimum absolute atomic E-state index is 0.0379. The number of nitrogens with one attached hydrogen (secondary N) is 1. The molecule has 15 heavy (non-hydrogen) atoms. The molecule has 0 aliphatic heterocycles. The summed E-state index contributed by atoms with van der Waals surface area (Å²) >= 11 is 1.54. The second kappa shape index (κ2) is 3.41. The molecular weight excluding hydrogens is 208 g/mol. The summed E-state index contributed by atoms with van der Waals surface area (Å²) in [6.45, 7) is 6.32. The largest absolute Gasteiger partial charge is 0.371 e. The van der Waals surface area contributed by atoms with Gasteiger partial charge in [-0.05, 0) is 0 Å². The number of thiazole rings is 1. The van der Waals surface area contributed by atoms with E-state index in [1.54, 1.807) is 16.8 Å². The van der Waals surface area contributed by atoms with Crippen molar-refractivity contribution in [1.82, 2.24) is 15.0 Å². The third-order valence-electron chi connectivity index (χ3n) is 2.11. The molecule has 0 unspecified atom stereocenters. The first-order valence-electron chi connectivity index (χ1n) is 4.82. The van der Waals surface area contributed by atoms with Crippen molar-refractivity contribution in [2.24, 2.45) is 0 Å². The average Bonchev–Trinajstić information content (AvgIpc) is 2.62. The standard InChI is InChI=1S/C10H14N4S/c1-10(2,3)9-13-7(11-4)6-8(14-9)15-5-12-6/h5H,1-4H3,(H,11,13,14). The topological polar surface area (TPSA) is 50.7 Å². The molecule has 0 saturated carbocycles. The zero-order valence-corrected chi connectivity index (χ0v) is 10.1. The van der Waals surface area contributed by atoms with E-state index in [4.69, 9.17) is 0 Å². The number of hydrogen-bond acceptors (Lipinski definition) is 5. The summed E-state index contributed by atoms with van der Waals surface area (Å²) in [4.78, 5) is 14.2. The van der Waals surface area contributed by atoms with Crippen LogP contribution in [0.15, 0.2) is 5.51 Å². The normalized spacial score (nSPS) is 12.0. The lowest BCUT2D eigenvalue weighted by atomic mass is 9.96. The molecule has 0 aromatic carbocycles. The van der Waals surface area contributed by atoms with E-state index in [1.165, 1.54) is 0 Å². The second-order valence-electron chi connectivity index (χ2n) is 4.40. The molecule has 2 aromatic heterocycles. The molecule has 0 fully saturated rings. The second-order valence-corrected chi connectivity index (χ2v) is 5.24. The zero-order chi connectivity index (χ0) is 11.1. The Morgan fingerprint density at radius 1 is 1.27 bits per heavy atom. The number of rotatable bonds is 1. The van der Waals surface area contributed by atoms with E-state index < -0.39 is 0 Å². The molecule has 0 atom stereocenters. The molecule has 4 nitrogen and oxygen atoms in total. The van der Waals surface area contributed by atoms with Gasteiger partial charge in [-0.15, -0.1) is 11.3 Å². The third kappa shape index (κ3) is 1.79. The average molecular weight is 222 g/mol. The Kier molecular flexibility index (Phi) is 2.34. The Morgan fingerprint density at radius 2 is 2.00 bits per heavy atom. The molecule has 0 spiro atoms. The maximum absolute atomic E-state index is 4.52. The van der Waals surface area contributed by atoms with Crippen LogP contribution in [0.25, 0.3) is 10.3 Å². The quantitative estimate of drug-likeness (QED) is 0.805. The highest BCUT2D eigenvalue weighted by Gasteiger charge is 2.20. The van der Waals surface area contributed by atoms with Crippen molar-refractivity contribution >= 4 is 27.5 Å². The smallest absolute Gasteiger partial charge is 0.157 e. The van der Waals surface area contributed by atoms with Gasteiger partial charge in [0.15, 0.2) is 5.82 Å². The summed E-state index contributed by atoms with van der Waals surface area (Å²) in [6, 6.07) is 0. The molecule has 0 radical (unpaired) electrons. The molecule has 0 amide bonds. The fraction of sp³-hybridized carbons (Fsp3) is 0.500. The number of anilines is 1. The minimum atomic E-state index is -0.0379. The van der Waals surface area contributed by atoms with E-state index in [2.05, 4.69) is 41.0 Å². The SMILES string of the molecule is CNc1nc(C(C)(C)C)nc2scnc12. The Labute approximate surface area is 92.8 Å². The fourth-order valence-corrected chi connectivity index (χ4v) is 1.93. The van der Waals surface area contributed by atoms with Gasteiger partial charge in [0.05, 0.1) is 5.51 Å². The minimum Gasteiger partial charge on any atom is -0.371 e. The lowest BCUT2D eigenvalue weighted by molar-refractivity contribution is 0.549. The lowest BCUT2D eigenvalue weighted by Crippen LogP contribution is -2.16. The van der Waals surface area contributed by atoms with Gasteiger partial charge in [0, 0.05) is 12.5 Å². The molecule has 2 heterocycles. The van der Waals surface area contributed by atoms with E-state index in [9.17, 15) is 0 Å². The summed E-state index contributed by atoms with van der Waals surface area (Å²) in [5, 5.41) is 3.06. The number of aromatic nitrogens is 3. The van der Waals surface area contributed by atoms with Crippen LogP contribution in [0.5, 0.6) is 0 Å². The van der Waals surface area contributed by atoms with Crippen LogP contribution in [-0.2, 0) is 5.41 Å². The molecule has 0 bridgehead atoms. The van der Waals surface area contributed by atoms with Gasteiger partial charge in [0.1, 0.15) is 16.2 Å². The first-order chi connectivity index (χ1) is 7.02. The van der Waals surface area contributed by atoms with Crippen LogP contribution in [0.3, 0.4) is 0 Å². The van der Waals surface area contributed by atoms with Crippen LogP contribution >= 0.6 is 11.3 Å². The zero-order valence-electron chi connectivity index (χ0n) is 9.33. The van der Waals surface area contributed by atoms with Gasteiger partial charge in [-0.1, -0.05) is 20.8 Å². The van der Waals surface area contributed by atoms with E-state index in [1.807, 2.05) is 7.05 Å². The molecule has 5 heteroatoms. The highest BCUT2D eigenvalue weighted by molar-refractivity contribution is 7.16. The third-order valence-corrected chi connectivity index (χ3v) is 2.82. The van der Waals surface area contributed by atoms with E-state index in [0.29, 0.717) is 0 Å². The molecular formula is C10H14N4S. The van der Waals surface area contributed by atoms with Gasteiger partial charge in [0.2, 0.25) is 0 Å². The van der Waals surface area contributed by atoms with Gasteiger partial charge < -0.3 is 5.32 Å². The molecule has 1 N–H and O–H groups in total. The van der Waals surface area contributed by atoms with E-state index in [0.717, 1.165) is 22.0 Å². The predicted octanol–water partition coefficient (Wildman–Crippen LogP) is 2.43. The van der Waals surface area contributed by atoms with Crippen LogP contribution in [-0.4, -0.2) is 22.0 Å². The van der Waals surface area contributed by atoms with Gasteiger partial charge in [-0.3, -0.25) is 0 Å². The van der Waals surface area contributed by atoms with Crippen LogP contribution in [0.1, 0.15) is 26.6 Å². The lowest BCUT2D eigenvalue weighted by Gasteiger charge is -2.16. The summed E-state index contributed by atoms with van der Waals surface area (Å²) in [7, 11) is 1.85. The highest BCUT2D eigenvalue weighted by Crippen LogP contribution is 2.26. The molecule has 80 valence electrons. The number of nitrogens with zero attached hydrogens (tertiary/aromatic N) is 3. The van der Waals surface area contributed by atoms with Gasteiger partial charge in [-0.25, -0.2) is 15.0 Å². The van der Waals surface area contributed by atoms with E-state index >= 15 is 0 Å². The molecule has 0 aliphatic rings. The summed E-state index contributed by atoms with van der Waals surface area (Å²) in [6.07, 6.45) is 0. The summed E-state index contributed by atoms with van der Waals surface area (Å²) in [5.41, 5.74) is 2.62. The Balaban J connectivity index is 2.69. The first-order valence-corrected chi connectivity index (χ1v) is 5.70. The molecule has 2 aromatic rings. The summed E-state index contributed by atoms with van der Waals surface area (Å²) in [5.74, 6) is 1.66. The Hall–Kier alpha value is -1.23. The van der Waals surface area contributed by atoms with Crippen molar-refractivity contribution in [2.45, 2.75) is 26.2 Å². The Morgan fingerprint density at radius 3 is 2.60 bits per heavy atom. The predicted molar refractivity (Wildman–Crippen MR) is 63.5 cm³/mol. The van der Waals surface area contributed by atoms with Crippen molar-refractivity contribution in [2.75, 3.05) is 12.4 Å². The summed E-state index contributed by atoms with van der Waals surface area (Å²) < 4.78 is 0. The highest BCUT2D eigenvalue weighted by atomic mass is 32.1. The molecule has 0 saturated heterocycles. The van der Waals surface area contributed by atoms with Crippen molar-refractivity contribution in [1.29, 1.82) is 0 Å². The molecule has 0 aliphatic carbocycles. The monoisotopic (exact) mass is 222 g/mol. The fourth-order valence-electron chi connectivity index (χ4n) is 1.27. The van der Waals surface area contributed by atoms with Gasteiger partial charge >= 0.3 is 0 Å². The maximum Gasteiger partial charge on any atom is 0.157 e. The van der Waals surface area contributed by atoms with Gasteiger partial charge in [0.25, 0.3) is 0 Å². The van der Waals surface area contributed by atoms with Gasteiger partial charge in [-0.2, -0.15) is 0 Å². The first kappa shape index (κ1) is 10.3. The molecule has 2 rings (SSSR count). The number of hydrogen-bond donors (Lipinski definition) is 1. The number of fused-ring (bicyclic) bond motifs is 1. The van der Waals surface area contributed by atoms with Crippen molar-refractivity contribution in [3.05, 3.63) is 11.3 Å². The van der Waals surface area contributed by atoms with Crippen LogP contribution in [0.2, 0.25) is 0 Å². The Bertz CT molecular complexity index is 484. The van der Waals surface area contributed by atoms with Crippen LogP contribution in [0, 0.1) is 0 Å². The van der Waals surface area contributed by atoms with Crippen LogP contribution in [0.4, 0.5) is 5.82 Å². The van der Waals surface area contributed by atoms with Crippen LogP contribution < -0.4 is 5.32 Å². The van der Waals surface area contributed by atoms with Crippen molar-refractivity contribution in [3.8, 4) is 0 Å².